The summed E-state index contributed by atoms with van der Waals surface area (Å²) in [6, 6.07) is 2.72. The zero-order valence-electron chi connectivity index (χ0n) is 8.58. The van der Waals surface area contributed by atoms with Crippen molar-refractivity contribution < 1.29 is 28.2 Å². The minimum atomic E-state index is -3.46. The van der Waals surface area contributed by atoms with Crippen molar-refractivity contribution in [3.63, 3.8) is 0 Å². The first-order chi connectivity index (χ1) is 7.85. The molecule has 0 saturated heterocycles. The summed E-state index contributed by atoms with van der Waals surface area (Å²) >= 11 is 0. The van der Waals surface area contributed by atoms with Crippen molar-refractivity contribution in [2.45, 2.75) is 5.92 Å². The van der Waals surface area contributed by atoms with Gasteiger partial charge in [0.25, 0.3) is 11.8 Å². The maximum absolute atomic E-state index is 13.1. The van der Waals surface area contributed by atoms with Crippen molar-refractivity contribution in [3.05, 3.63) is 29.6 Å². The first kappa shape index (κ1) is 13.3. The molecule has 1 amide bonds. The number of aromatic hydroxyl groups is 1. The zero-order valence-corrected chi connectivity index (χ0v) is 8.58. The summed E-state index contributed by atoms with van der Waals surface area (Å²) in [6.07, 6.45) is 0. The summed E-state index contributed by atoms with van der Waals surface area (Å²) in [5.41, 5.74) is -0.462. The summed E-state index contributed by atoms with van der Waals surface area (Å²) in [6.45, 7) is -2.51. The standard InChI is InChI=1S/C10H10F3NO3/c11-8-3-6(16)1-2-7(8)9(17)14-4-10(12,13)5-15/h1-3,15-16H,4-5H2,(H,14,17). The number of hydrogen-bond acceptors (Lipinski definition) is 3. The van der Waals surface area contributed by atoms with Crippen LogP contribution in [0.2, 0.25) is 0 Å². The van der Waals surface area contributed by atoms with Crippen LogP contribution < -0.4 is 5.32 Å². The number of carbonyl (C=O) groups is 1. The first-order valence-electron chi connectivity index (χ1n) is 4.61. The fourth-order valence-electron chi connectivity index (χ4n) is 1.05. The fourth-order valence-corrected chi connectivity index (χ4v) is 1.05. The highest BCUT2D eigenvalue weighted by atomic mass is 19.3. The van der Waals surface area contributed by atoms with Gasteiger partial charge < -0.3 is 15.5 Å². The number of nitrogens with one attached hydrogen (secondary N) is 1. The minimum Gasteiger partial charge on any atom is -0.508 e. The Bertz CT molecular complexity index is 423. The molecule has 0 atom stereocenters. The van der Waals surface area contributed by atoms with Gasteiger partial charge in [-0.1, -0.05) is 0 Å². The van der Waals surface area contributed by atoms with E-state index in [1.54, 1.807) is 5.32 Å². The molecule has 7 heteroatoms. The molecule has 3 N–H and O–H groups in total. The second kappa shape index (κ2) is 5.05. The van der Waals surface area contributed by atoms with Gasteiger partial charge in [0.2, 0.25) is 0 Å². The molecule has 1 rings (SSSR count). The molecule has 0 bridgehead atoms. The fraction of sp³-hybridized carbons (Fsp3) is 0.300. The van der Waals surface area contributed by atoms with E-state index in [4.69, 9.17) is 10.2 Å². The Morgan fingerprint density at radius 3 is 2.59 bits per heavy atom. The van der Waals surface area contributed by atoms with Crippen LogP contribution in [0.4, 0.5) is 13.2 Å². The predicted molar refractivity (Wildman–Crippen MR) is 52.4 cm³/mol. The van der Waals surface area contributed by atoms with Gasteiger partial charge in [-0.05, 0) is 12.1 Å². The average molecular weight is 249 g/mol. The van der Waals surface area contributed by atoms with Gasteiger partial charge in [0.15, 0.2) is 0 Å². The van der Waals surface area contributed by atoms with Crippen molar-refractivity contribution in [2.75, 3.05) is 13.2 Å². The minimum absolute atomic E-state index is 0.375. The van der Waals surface area contributed by atoms with E-state index in [9.17, 15) is 18.0 Å². The van der Waals surface area contributed by atoms with Crippen LogP contribution in [-0.4, -0.2) is 35.2 Å². The SMILES string of the molecule is O=C(NCC(F)(F)CO)c1ccc(O)cc1F. The van der Waals surface area contributed by atoms with Gasteiger partial charge in [0.1, 0.15) is 18.2 Å². The lowest BCUT2D eigenvalue weighted by molar-refractivity contribution is -0.0462. The Morgan fingerprint density at radius 1 is 1.41 bits per heavy atom. The number of carbonyl (C=O) groups excluding carboxylic acids is 1. The Morgan fingerprint density at radius 2 is 2.06 bits per heavy atom. The van der Waals surface area contributed by atoms with Gasteiger partial charge in [-0.25, -0.2) is 13.2 Å². The van der Waals surface area contributed by atoms with Crippen molar-refractivity contribution in [3.8, 4) is 5.75 Å². The average Bonchev–Trinajstić information content (AvgIpc) is 2.26. The van der Waals surface area contributed by atoms with E-state index in [-0.39, 0.29) is 5.75 Å². The van der Waals surface area contributed by atoms with Crippen LogP contribution in [-0.2, 0) is 0 Å². The monoisotopic (exact) mass is 249 g/mol. The number of rotatable bonds is 4. The highest BCUT2D eigenvalue weighted by molar-refractivity contribution is 5.94. The predicted octanol–water partition coefficient (Wildman–Crippen LogP) is 0.889. The molecule has 0 aliphatic heterocycles. The molecule has 4 nitrogen and oxygen atoms in total. The number of benzene rings is 1. The molecular weight excluding hydrogens is 239 g/mol. The maximum atomic E-state index is 13.1. The van der Waals surface area contributed by atoms with E-state index < -0.39 is 36.4 Å². The number of amides is 1. The van der Waals surface area contributed by atoms with Gasteiger partial charge in [0, 0.05) is 6.07 Å². The first-order valence-corrected chi connectivity index (χ1v) is 4.61. The molecule has 1 aromatic carbocycles. The second-order valence-electron chi connectivity index (χ2n) is 3.36. The summed E-state index contributed by atoms with van der Waals surface area (Å²) in [4.78, 5) is 11.3. The largest absolute Gasteiger partial charge is 0.508 e. The Hall–Kier alpha value is -1.76. The van der Waals surface area contributed by atoms with E-state index in [0.717, 1.165) is 12.1 Å². The van der Waals surface area contributed by atoms with Gasteiger partial charge in [-0.15, -0.1) is 0 Å². The molecule has 0 heterocycles. The molecule has 17 heavy (non-hydrogen) atoms. The maximum Gasteiger partial charge on any atom is 0.287 e. The third kappa shape index (κ3) is 3.63. The lowest BCUT2D eigenvalue weighted by Crippen LogP contribution is -2.39. The number of hydrogen-bond donors (Lipinski definition) is 3. The Balaban J connectivity index is 2.71. The summed E-state index contributed by atoms with van der Waals surface area (Å²) in [7, 11) is 0. The van der Waals surface area contributed by atoms with Crippen molar-refractivity contribution in [2.24, 2.45) is 0 Å². The van der Waals surface area contributed by atoms with Gasteiger partial charge in [0.05, 0.1) is 12.1 Å². The smallest absolute Gasteiger partial charge is 0.287 e. The molecule has 0 fully saturated rings. The van der Waals surface area contributed by atoms with Crippen molar-refractivity contribution in [1.29, 1.82) is 0 Å². The van der Waals surface area contributed by atoms with E-state index in [1.165, 1.54) is 0 Å². The summed E-state index contributed by atoms with van der Waals surface area (Å²) in [5, 5.41) is 18.9. The lowest BCUT2D eigenvalue weighted by Gasteiger charge is -2.14. The van der Waals surface area contributed by atoms with Gasteiger partial charge in [-0.3, -0.25) is 4.79 Å². The zero-order chi connectivity index (χ0) is 13.1. The number of phenolic OH excluding ortho intramolecular Hbond substituents is 1. The van der Waals surface area contributed by atoms with E-state index >= 15 is 0 Å². The van der Waals surface area contributed by atoms with Crippen LogP contribution in [0.25, 0.3) is 0 Å². The molecular formula is C10H10F3NO3. The third-order valence-electron chi connectivity index (χ3n) is 1.94. The molecule has 1 aromatic rings. The molecule has 94 valence electrons. The van der Waals surface area contributed by atoms with Crippen molar-refractivity contribution >= 4 is 5.91 Å². The van der Waals surface area contributed by atoms with Crippen LogP contribution in [0.3, 0.4) is 0 Å². The van der Waals surface area contributed by atoms with Crippen molar-refractivity contribution in [1.82, 2.24) is 5.32 Å². The van der Waals surface area contributed by atoms with E-state index in [0.29, 0.717) is 6.07 Å². The lowest BCUT2D eigenvalue weighted by atomic mass is 10.2. The van der Waals surface area contributed by atoms with Crippen LogP contribution in [0.5, 0.6) is 5.75 Å². The number of alkyl halides is 2. The molecule has 0 saturated carbocycles. The molecule has 0 aliphatic rings. The molecule has 0 spiro atoms. The number of phenols is 1. The molecule has 0 radical (unpaired) electrons. The summed E-state index contributed by atoms with van der Waals surface area (Å²) in [5.74, 6) is -5.89. The molecule has 0 unspecified atom stereocenters. The number of aliphatic hydroxyl groups is 1. The Kier molecular flexibility index (Phi) is 3.95. The highest BCUT2D eigenvalue weighted by Gasteiger charge is 2.28. The van der Waals surface area contributed by atoms with Gasteiger partial charge in [-0.2, -0.15) is 0 Å². The van der Waals surface area contributed by atoms with E-state index in [2.05, 4.69) is 0 Å². The highest BCUT2D eigenvalue weighted by Crippen LogP contribution is 2.15. The quantitative estimate of drug-likeness (QED) is 0.742. The van der Waals surface area contributed by atoms with Crippen LogP contribution in [0.15, 0.2) is 18.2 Å². The Labute approximate surface area is 94.7 Å². The normalized spacial score (nSPS) is 11.3. The molecule has 0 aliphatic carbocycles. The number of halogens is 3. The van der Waals surface area contributed by atoms with Crippen LogP contribution in [0.1, 0.15) is 10.4 Å². The third-order valence-corrected chi connectivity index (χ3v) is 1.94. The van der Waals surface area contributed by atoms with Crippen LogP contribution >= 0.6 is 0 Å². The topological polar surface area (TPSA) is 69.6 Å². The number of aliphatic hydroxyl groups excluding tert-OH is 1. The van der Waals surface area contributed by atoms with Gasteiger partial charge >= 0.3 is 0 Å². The molecule has 0 aromatic heterocycles. The summed E-state index contributed by atoms with van der Waals surface area (Å²) < 4.78 is 38.3. The van der Waals surface area contributed by atoms with E-state index in [1.807, 2.05) is 0 Å². The van der Waals surface area contributed by atoms with Crippen LogP contribution in [0, 0.1) is 5.82 Å². The second-order valence-corrected chi connectivity index (χ2v) is 3.36.